The van der Waals surface area contributed by atoms with E-state index in [1.807, 2.05) is 84.9 Å². The zero-order chi connectivity index (χ0) is 33.5. The quantitative estimate of drug-likeness (QED) is 0.188. The molecule has 0 amide bonds. The lowest BCUT2D eigenvalue weighted by atomic mass is 10.0. The van der Waals surface area contributed by atoms with Gasteiger partial charge in [-0.2, -0.15) is 0 Å². The van der Waals surface area contributed by atoms with Gasteiger partial charge in [-0.15, -0.1) is 0 Å². The van der Waals surface area contributed by atoms with Gasteiger partial charge in [-0.3, -0.25) is 0 Å². The molecule has 7 aromatic carbocycles. The number of aromatic nitrogens is 3. The van der Waals surface area contributed by atoms with Crippen LogP contribution in [0.5, 0.6) is 0 Å². The van der Waals surface area contributed by atoms with Crippen LogP contribution in [-0.4, -0.2) is 15.0 Å². The highest BCUT2D eigenvalue weighted by atomic mass is 16.3. The molecular formula is C45H25N3O3. The molecule has 4 aromatic heterocycles. The smallest absolute Gasteiger partial charge is 0.164 e. The summed E-state index contributed by atoms with van der Waals surface area (Å²) in [7, 11) is 0. The minimum atomic E-state index is 0.557. The summed E-state index contributed by atoms with van der Waals surface area (Å²) in [4.78, 5) is 14.9. The van der Waals surface area contributed by atoms with Gasteiger partial charge in [-0.05, 0) is 54.1 Å². The molecule has 11 aromatic rings. The summed E-state index contributed by atoms with van der Waals surface area (Å²) < 4.78 is 19.1. The third-order valence-corrected chi connectivity index (χ3v) is 9.75. The van der Waals surface area contributed by atoms with Gasteiger partial charge in [0.05, 0.1) is 0 Å². The summed E-state index contributed by atoms with van der Waals surface area (Å²) in [5.74, 6) is 1.71. The number of para-hydroxylation sites is 3. The molecule has 0 saturated heterocycles. The zero-order valence-electron chi connectivity index (χ0n) is 27.0. The van der Waals surface area contributed by atoms with Gasteiger partial charge in [-0.25, -0.2) is 15.0 Å². The molecule has 0 spiro atoms. The van der Waals surface area contributed by atoms with E-state index in [1.165, 1.54) is 0 Å². The van der Waals surface area contributed by atoms with Crippen LogP contribution < -0.4 is 0 Å². The molecular weight excluding hydrogens is 631 g/mol. The molecule has 0 aliphatic carbocycles. The Balaban J connectivity index is 1.05. The Kier molecular flexibility index (Phi) is 5.86. The molecule has 238 valence electrons. The van der Waals surface area contributed by atoms with E-state index in [9.17, 15) is 0 Å². The van der Waals surface area contributed by atoms with Crippen LogP contribution in [0, 0.1) is 0 Å². The van der Waals surface area contributed by atoms with Crippen LogP contribution in [0.1, 0.15) is 0 Å². The number of benzene rings is 7. The van der Waals surface area contributed by atoms with Crippen LogP contribution in [0.15, 0.2) is 165 Å². The average Bonchev–Trinajstić information content (AvgIpc) is 3.88. The van der Waals surface area contributed by atoms with E-state index in [-0.39, 0.29) is 0 Å². The molecule has 0 N–H and O–H groups in total. The summed E-state index contributed by atoms with van der Waals surface area (Å²) in [5, 5.41) is 6.41. The predicted octanol–water partition coefficient (Wildman–Crippen LogP) is 12.2. The molecule has 0 fully saturated rings. The van der Waals surface area contributed by atoms with Crippen molar-refractivity contribution in [2.75, 3.05) is 0 Å². The summed E-state index contributed by atoms with van der Waals surface area (Å²) in [5.41, 5.74) is 9.56. The first kappa shape index (κ1) is 27.9. The predicted molar refractivity (Wildman–Crippen MR) is 203 cm³/mol. The van der Waals surface area contributed by atoms with Gasteiger partial charge in [0.2, 0.25) is 0 Å². The van der Waals surface area contributed by atoms with Crippen molar-refractivity contribution in [3.05, 3.63) is 152 Å². The third-order valence-electron chi connectivity index (χ3n) is 9.75. The van der Waals surface area contributed by atoms with E-state index in [1.54, 1.807) is 0 Å². The number of nitrogens with zero attached hydrogens (tertiary/aromatic N) is 3. The summed E-state index contributed by atoms with van der Waals surface area (Å²) in [6.07, 6.45) is 0. The molecule has 6 nitrogen and oxygen atoms in total. The van der Waals surface area contributed by atoms with Crippen molar-refractivity contribution in [2.45, 2.75) is 0 Å². The minimum absolute atomic E-state index is 0.557. The molecule has 0 aliphatic rings. The third kappa shape index (κ3) is 4.40. The second-order valence-electron chi connectivity index (χ2n) is 12.8. The minimum Gasteiger partial charge on any atom is -0.456 e. The molecule has 0 aliphatic heterocycles. The molecule has 51 heavy (non-hydrogen) atoms. The fourth-order valence-electron chi connectivity index (χ4n) is 7.27. The number of hydrogen-bond donors (Lipinski definition) is 0. The lowest BCUT2D eigenvalue weighted by Crippen LogP contribution is -2.00. The first-order valence-corrected chi connectivity index (χ1v) is 16.8. The Bertz CT molecular complexity index is 3150. The summed E-state index contributed by atoms with van der Waals surface area (Å²) in [6.45, 7) is 0. The Hall–Kier alpha value is -7.05. The van der Waals surface area contributed by atoms with Crippen LogP contribution in [0.2, 0.25) is 0 Å². The number of furan rings is 3. The Morgan fingerprint density at radius 1 is 0.294 bits per heavy atom. The van der Waals surface area contributed by atoms with Crippen molar-refractivity contribution in [1.82, 2.24) is 15.0 Å². The lowest BCUT2D eigenvalue weighted by Gasteiger charge is -2.08. The van der Waals surface area contributed by atoms with Crippen molar-refractivity contribution >= 4 is 65.8 Å². The lowest BCUT2D eigenvalue weighted by molar-refractivity contribution is 0.668. The van der Waals surface area contributed by atoms with Gasteiger partial charge in [0.1, 0.15) is 33.5 Å². The maximum Gasteiger partial charge on any atom is 0.164 e. The standard InChI is InChI=1S/C45H25N3O3/c1-2-9-26(10-3-1)43-46-44(28-18-21-34-32-12-5-7-16-38(32)50-40(34)24-28)48-45(47-43)29-19-22-35-36-14-8-13-30(42(36)51-41(35)25-29)27-17-20-33-31-11-4-6-15-37(31)49-39(33)23-27/h1-25H. The average molecular weight is 656 g/mol. The molecule has 0 radical (unpaired) electrons. The largest absolute Gasteiger partial charge is 0.456 e. The Labute approximate surface area is 290 Å². The van der Waals surface area contributed by atoms with Gasteiger partial charge in [-0.1, -0.05) is 103 Å². The van der Waals surface area contributed by atoms with Gasteiger partial charge in [0.15, 0.2) is 17.5 Å². The Morgan fingerprint density at radius 3 is 1.37 bits per heavy atom. The summed E-state index contributed by atoms with van der Waals surface area (Å²) in [6, 6.07) is 51.1. The molecule has 0 saturated carbocycles. The highest BCUT2D eigenvalue weighted by molar-refractivity contribution is 6.12. The summed E-state index contributed by atoms with van der Waals surface area (Å²) >= 11 is 0. The maximum atomic E-state index is 6.66. The van der Waals surface area contributed by atoms with Crippen molar-refractivity contribution < 1.29 is 13.3 Å². The highest BCUT2D eigenvalue weighted by Gasteiger charge is 2.18. The number of fused-ring (bicyclic) bond motifs is 9. The second kappa shape index (κ2) is 10.7. The molecule has 0 bridgehead atoms. The SMILES string of the molecule is c1ccc(-c2nc(-c3ccc4c(c3)oc3ccccc34)nc(-c3ccc4c(c3)oc3c(-c5ccc6c(c5)oc5ccccc56)cccc34)n2)cc1. The van der Waals surface area contributed by atoms with E-state index < -0.39 is 0 Å². The van der Waals surface area contributed by atoms with Gasteiger partial charge in [0.25, 0.3) is 0 Å². The van der Waals surface area contributed by atoms with Crippen LogP contribution in [0.3, 0.4) is 0 Å². The highest BCUT2D eigenvalue weighted by Crippen LogP contribution is 2.40. The van der Waals surface area contributed by atoms with Crippen molar-refractivity contribution in [3.8, 4) is 45.3 Å². The first-order valence-electron chi connectivity index (χ1n) is 16.8. The molecule has 0 unspecified atom stereocenters. The first-order chi connectivity index (χ1) is 25.2. The topological polar surface area (TPSA) is 78.1 Å². The van der Waals surface area contributed by atoms with Crippen LogP contribution >= 0.6 is 0 Å². The molecule has 4 heterocycles. The van der Waals surface area contributed by atoms with Crippen molar-refractivity contribution in [1.29, 1.82) is 0 Å². The van der Waals surface area contributed by atoms with E-state index in [4.69, 9.17) is 28.2 Å². The Morgan fingerprint density at radius 2 is 0.745 bits per heavy atom. The molecule has 6 heteroatoms. The van der Waals surface area contributed by atoms with Crippen LogP contribution in [0.25, 0.3) is 111 Å². The molecule has 0 atom stereocenters. The van der Waals surface area contributed by atoms with Crippen LogP contribution in [0.4, 0.5) is 0 Å². The maximum absolute atomic E-state index is 6.66. The van der Waals surface area contributed by atoms with Gasteiger partial charge >= 0.3 is 0 Å². The zero-order valence-corrected chi connectivity index (χ0v) is 27.0. The monoisotopic (exact) mass is 655 g/mol. The normalized spacial score (nSPS) is 11.9. The van der Waals surface area contributed by atoms with E-state index >= 15 is 0 Å². The second-order valence-corrected chi connectivity index (χ2v) is 12.8. The van der Waals surface area contributed by atoms with E-state index in [0.717, 1.165) is 93.6 Å². The fourth-order valence-corrected chi connectivity index (χ4v) is 7.27. The van der Waals surface area contributed by atoms with Gasteiger partial charge in [0, 0.05) is 54.6 Å². The van der Waals surface area contributed by atoms with E-state index in [0.29, 0.717) is 17.5 Å². The van der Waals surface area contributed by atoms with Crippen LogP contribution in [-0.2, 0) is 0 Å². The fraction of sp³-hybridized carbons (Fsp3) is 0. The van der Waals surface area contributed by atoms with Gasteiger partial charge < -0.3 is 13.3 Å². The van der Waals surface area contributed by atoms with Crippen molar-refractivity contribution in [2.24, 2.45) is 0 Å². The number of hydrogen-bond acceptors (Lipinski definition) is 6. The van der Waals surface area contributed by atoms with E-state index in [2.05, 4.69) is 66.7 Å². The van der Waals surface area contributed by atoms with Crippen molar-refractivity contribution in [3.63, 3.8) is 0 Å². The molecule has 11 rings (SSSR count). The number of rotatable bonds is 4.